The molecule has 1 aromatic heterocycles. The number of carbonyl (C=O) groups excluding carboxylic acids is 1. The van der Waals surface area contributed by atoms with Crippen LogP contribution >= 0.6 is 0 Å². The molecule has 0 amide bonds. The van der Waals surface area contributed by atoms with E-state index in [1.807, 2.05) is 10.9 Å². The van der Waals surface area contributed by atoms with Crippen LogP contribution in [0, 0.1) is 17.2 Å². The summed E-state index contributed by atoms with van der Waals surface area (Å²) in [5.74, 6) is -0.171. The van der Waals surface area contributed by atoms with Gasteiger partial charge in [0.05, 0.1) is 0 Å². The zero-order valence-corrected chi connectivity index (χ0v) is 20.5. The van der Waals surface area contributed by atoms with Gasteiger partial charge in [0, 0.05) is 0 Å². The average molecular weight is 442 g/mol. The minimum absolute atomic E-state index is 0.0807. The van der Waals surface area contributed by atoms with Gasteiger partial charge >= 0.3 is 185 Å². The van der Waals surface area contributed by atoms with Gasteiger partial charge in [-0.05, 0) is 0 Å². The van der Waals surface area contributed by atoms with Crippen molar-refractivity contribution in [1.29, 1.82) is 0 Å². The second-order valence-corrected chi connectivity index (χ2v) is 16.7. The quantitative estimate of drug-likeness (QED) is 0.442. The normalized spacial score (nSPS) is 24.2. The van der Waals surface area contributed by atoms with Crippen molar-refractivity contribution in [2.45, 2.75) is 64.6 Å². The SMILES string of the molecule is CC(C)(C)[SiH-](C)(C)OC[C@]12Cc3cnn(-c4ccc(F)cc4)c3C=C1CC[C@H](C=O)C2. The first kappa shape index (κ1) is 22.2. The van der Waals surface area contributed by atoms with E-state index < -0.39 is 8.32 Å². The molecule has 0 spiro atoms. The van der Waals surface area contributed by atoms with Gasteiger partial charge in [0.25, 0.3) is 0 Å². The Balaban J connectivity index is 1.70. The number of rotatable bonds is 5. The first-order valence-corrected chi connectivity index (χ1v) is 14.8. The molecule has 1 heterocycles. The van der Waals surface area contributed by atoms with Crippen molar-refractivity contribution in [2.75, 3.05) is 6.61 Å². The molecule has 2 aromatic rings. The van der Waals surface area contributed by atoms with Crippen LogP contribution in [0.25, 0.3) is 11.8 Å². The van der Waals surface area contributed by atoms with Crippen LogP contribution in [0.3, 0.4) is 0 Å². The molecular weight excluding hydrogens is 407 g/mol. The third-order valence-electron chi connectivity index (χ3n) is 7.97. The van der Waals surface area contributed by atoms with E-state index in [1.54, 1.807) is 12.1 Å². The molecule has 4 rings (SSSR count). The summed E-state index contributed by atoms with van der Waals surface area (Å²) in [6.07, 6.45) is 8.77. The van der Waals surface area contributed by atoms with E-state index in [1.165, 1.54) is 23.3 Å². The van der Waals surface area contributed by atoms with E-state index in [-0.39, 0.29) is 22.2 Å². The summed E-state index contributed by atoms with van der Waals surface area (Å²) in [7, 11) is -2.24. The number of aldehydes is 1. The Labute approximate surface area is 185 Å². The molecule has 168 valence electrons. The van der Waals surface area contributed by atoms with Gasteiger partial charge in [-0.1, -0.05) is 0 Å². The molecule has 6 heteroatoms. The Bertz CT molecular complexity index is 1000. The molecule has 4 nitrogen and oxygen atoms in total. The van der Waals surface area contributed by atoms with Gasteiger partial charge in [-0.3, -0.25) is 0 Å². The van der Waals surface area contributed by atoms with E-state index in [0.717, 1.165) is 43.4 Å². The van der Waals surface area contributed by atoms with E-state index in [2.05, 4.69) is 45.0 Å². The van der Waals surface area contributed by atoms with Gasteiger partial charge in [0.1, 0.15) is 0 Å². The fourth-order valence-corrected chi connectivity index (χ4v) is 5.92. The Morgan fingerprint density at radius 1 is 1.29 bits per heavy atom. The molecule has 2 aliphatic carbocycles. The fourth-order valence-electron chi connectivity index (χ4n) is 4.69. The van der Waals surface area contributed by atoms with Crippen LogP contribution in [0.1, 0.15) is 51.3 Å². The van der Waals surface area contributed by atoms with E-state index in [0.29, 0.717) is 6.61 Å². The number of benzene rings is 1. The molecule has 0 N–H and O–H groups in total. The Morgan fingerprint density at radius 2 is 2.00 bits per heavy atom. The maximum absolute atomic E-state index is 13.4. The number of aromatic nitrogens is 2. The van der Waals surface area contributed by atoms with Crippen LogP contribution in [-0.2, 0) is 15.6 Å². The first-order valence-electron chi connectivity index (χ1n) is 11.4. The third kappa shape index (κ3) is 4.08. The zero-order chi connectivity index (χ0) is 22.4. The molecule has 2 aliphatic rings. The van der Waals surface area contributed by atoms with Crippen molar-refractivity contribution < 1.29 is 13.6 Å². The van der Waals surface area contributed by atoms with Crippen LogP contribution in [-0.4, -0.2) is 31.0 Å². The van der Waals surface area contributed by atoms with Crippen molar-refractivity contribution in [3.63, 3.8) is 0 Å². The molecule has 2 atom stereocenters. The van der Waals surface area contributed by atoms with Crippen LogP contribution in [0.4, 0.5) is 4.39 Å². The molecular formula is C25H34FN2O2Si-. The number of carbonyl (C=O) groups is 1. The van der Waals surface area contributed by atoms with Gasteiger partial charge in [0.2, 0.25) is 0 Å². The number of fused-ring (bicyclic) bond motifs is 2. The van der Waals surface area contributed by atoms with Crippen molar-refractivity contribution in [1.82, 2.24) is 9.78 Å². The molecule has 0 aliphatic heterocycles. The molecule has 0 saturated heterocycles. The molecule has 0 unspecified atom stereocenters. The van der Waals surface area contributed by atoms with Crippen molar-refractivity contribution in [3.8, 4) is 5.69 Å². The summed E-state index contributed by atoms with van der Waals surface area (Å²) >= 11 is 0. The maximum atomic E-state index is 13.4. The summed E-state index contributed by atoms with van der Waals surface area (Å²) in [5.41, 5.74) is 4.31. The van der Waals surface area contributed by atoms with Gasteiger partial charge in [-0.2, -0.15) is 0 Å². The summed E-state index contributed by atoms with van der Waals surface area (Å²) < 4.78 is 22.0. The van der Waals surface area contributed by atoms with Crippen molar-refractivity contribution in [2.24, 2.45) is 11.3 Å². The molecule has 31 heavy (non-hydrogen) atoms. The Morgan fingerprint density at radius 3 is 2.65 bits per heavy atom. The standard InChI is InChI=1S/C25H34FN2O2Si/c1-24(2,3)31(4,5)30-17-25-13-18(16-29)6-7-20(25)12-23-19(14-25)15-27-28(23)22-10-8-21(26)9-11-22/h8-12,15-16,18,31H,6-7,13-14,17H2,1-5H3/q-1/t18-,25-/m0/s1. The number of hydrogen-bond donors (Lipinski definition) is 0. The number of halogens is 1. The summed E-state index contributed by atoms with van der Waals surface area (Å²) in [6.45, 7) is 12.1. The Hall–Kier alpha value is -2.05. The summed E-state index contributed by atoms with van der Waals surface area (Å²) in [4.78, 5) is 11.7. The van der Waals surface area contributed by atoms with Gasteiger partial charge in [0.15, 0.2) is 0 Å². The van der Waals surface area contributed by atoms with Crippen LogP contribution in [0.15, 0.2) is 36.0 Å². The van der Waals surface area contributed by atoms with E-state index >= 15 is 0 Å². The monoisotopic (exact) mass is 441 g/mol. The van der Waals surface area contributed by atoms with Crippen molar-refractivity contribution in [3.05, 3.63) is 53.1 Å². The second-order valence-electron chi connectivity index (χ2n) is 11.1. The van der Waals surface area contributed by atoms with Crippen LogP contribution in [0.2, 0.25) is 18.1 Å². The van der Waals surface area contributed by atoms with Gasteiger partial charge in [-0.25, -0.2) is 0 Å². The molecule has 1 aromatic carbocycles. The second kappa shape index (κ2) is 7.82. The Kier molecular flexibility index (Phi) is 5.59. The summed E-state index contributed by atoms with van der Waals surface area (Å²) in [6, 6.07) is 6.45. The topological polar surface area (TPSA) is 44.1 Å². The molecule has 0 radical (unpaired) electrons. The number of hydrogen-bond acceptors (Lipinski definition) is 3. The van der Waals surface area contributed by atoms with Crippen LogP contribution < -0.4 is 0 Å². The van der Waals surface area contributed by atoms with Crippen LogP contribution in [0.5, 0.6) is 0 Å². The third-order valence-corrected chi connectivity index (χ3v) is 13.1. The van der Waals surface area contributed by atoms with Crippen molar-refractivity contribution >= 4 is 20.7 Å². The van der Waals surface area contributed by atoms with E-state index in [9.17, 15) is 9.18 Å². The first-order chi connectivity index (χ1) is 14.5. The molecule has 0 bridgehead atoms. The molecule has 1 saturated carbocycles. The average Bonchev–Trinajstić information content (AvgIpc) is 3.12. The predicted octanol–water partition coefficient (Wildman–Crippen LogP) is 5.69. The zero-order valence-electron chi connectivity index (χ0n) is 19.3. The van der Waals surface area contributed by atoms with Gasteiger partial charge < -0.3 is 0 Å². The molecule has 1 fully saturated rings. The number of nitrogens with zero attached hydrogens (tertiary/aromatic N) is 2. The summed E-state index contributed by atoms with van der Waals surface area (Å²) in [5, 5.41) is 4.79. The van der Waals surface area contributed by atoms with Gasteiger partial charge in [-0.15, -0.1) is 0 Å². The fraction of sp³-hybridized carbons (Fsp3) is 0.520. The minimum atomic E-state index is -2.24. The predicted molar refractivity (Wildman–Crippen MR) is 126 cm³/mol. The van der Waals surface area contributed by atoms with E-state index in [4.69, 9.17) is 4.43 Å².